The number of phosphoric ester groups is 2. The van der Waals surface area contributed by atoms with E-state index >= 15 is 0 Å². The van der Waals surface area contributed by atoms with E-state index in [1.807, 2.05) is 36.5 Å². The standard InChI is InChI=1S/C93H148O17P2/c1-5-9-13-17-21-25-29-33-37-40-43-46-50-53-57-61-65-69-73-77-90(95)103-83-88(109-92(97)79-75-71-67-63-59-55-49-36-32-28-24-20-16-12-8-4)85-107-111(99,100)105-81-87(94)82-106-112(101,102)108-86-89(110-93(98)80-76-72-68-64-60-56-52-48-45-42-39-35-31-27-23-19-15-11-7-3)84-104-91(96)78-74-70-66-62-58-54-51-47-44-41-38-34-30-26-22-18-14-10-6-2/h10-11,14-15,21-23,25-27,33-39,43-49,53-54,56-58,60,65,68-69,72,87-89,94H,5-9,12-13,16-20,24,28-32,40-42,50-52,55,59,61-64,66-67,70-71,73-86H2,1-4H3,(H,99,100)(H,101,102)/b14-10-,15-11-,25-21-,26-22-,27-23-,37-33-,38-34-,39-35-,46-43-,47-44-,48-45-,49-36-,57-53-,58-54-,60-56-,69-65-,72-68-/t87-,88+,89+/m0/s1. The molecule has 0 rings (SSSR count). The largest absolute Gasteiger partial charge is 0.472 e. The van der Waals surface area contributed by atoms with E-state index < -0.39 is 97.5 Å². The van der Waals surface area contributed by atoms with Gasteiger partial charge >= 0.3 is 39.5 Å². The summed E-state index contributed by atoms with van der Waals surface area (Å²) in [6.07, 6.45) is 104. The molecule has 0 aliphatic heterocycles. The lowest BCUT2D eigenvalue weighted by atomic mass is 10.1. The summed E-state index contributed by atoms with van der Waals surface area (Å²) in [5, 5.41) is 10.7. The van der Waals surface area contributed by atoms with Crippen molar-refractivity contribution < 1.29 is 80.2 Å². The normalized spacial score (nSPS) is 14.8. The molecular weight excluding hydrogens is 1450 g/mol. The van der Waals surface area contributed by atoms with Crippen LogP contribution in [0.25, 0.3) is 0 Å². The number of carbonyl (C=O) groups is 4. The third-order valence-corrected chi connectivity index (χ3v) is 18.6. The van der Waals surface area contributed by atoms with Crippen LogP contribution in [0, 0.1) is 0 Å². The Morgan fingerprint density at radius 2 is 0.482 bits per heavy atom. The molecule has 5 atom stereocenters. The van der Waals surface area contributed by atoms with Crippen LogP contribution in [-0.2, 0) is 65.4 Å². The topological polar surface area (TPSA) is 237 Å². The lowest BCUT2D eigenvalue weighted by Crippen LogP contribution is -2.30. The third kappa shape index (κ3) is 81.6. The van der Waals surface area contributed by atoms with Crippen LogP contribution in [-0.4, -0.2) is 96.7 Å². The number of ether oxygens (including phenoxy) is 4. The Morgan fingerprint density at radius 3 is 0.821 bits per heavy atom. The minimum absolute atomic E-state index is 0.0272. The first-order valence-electron chi connectivity index (χ1n) is 42.3. The molecule has 0 aliphatic carbocycles. The summed E-state index contributed by atoms with van der Waals surface area (Å²) in [6.45, 7) is 4.38. The van der Waals surface area contributed by atoms with Crippen molar-refractivity contribution in [1.29, 1.82) is 0 Å². The first-order chi connectivity index (χ1) is 54.7. The van der Waals surface area contributed by atoms with Crippen molar-refractivity contribution >= 4 is 39.5 Å². The molecule has 17 nitrogen and oxygen atoms in total. The van der Waals surface area contributed by atoms with Crippen molar-refractivity contribution in [2.75, 3.05) is 39.6 Å². The van der Waals surface area contributed by atoms with E-state index in [2.05, 4.69) is 198 Å². The zero-order chi connectivity index (χ0) is 81.7. The van der Waals surface area contributed by atoms with Gasteiger partial charge in [-0.3, -0.25) is 37.3 Å². The van der Waals surface area contributed by atoms with Crippen LogP contribution in [0.2, 0.25) is 0 Å². The van der Waals surface area contributed by atoms with Gasteiger partial charge < -0.3 is 33.8 Å². The Morgan fingerprint density at radius 1 is 0.259 bits per heavy atom. The summed E-state index contributed by atoms with van der Waals surface area (Å²) in [7, 11) is -10.0. The summed E-state index contributed by atoms with van der Waals surface area (Å²) in [5.41, 5.74) is 0. The van der Waals surface area contributed by atoms with E-state index in [-0.39, 0.29) is 25.7 Å². The molecule has 2 unspecified atom stereocenters. The molecule has 0 aromatic carbocycles. The Kier molecular flexibility index (Phi) is 77.9. The minimum atomic E-state index is -5.03. The van der Waals surface area contributed by atoms with E-state index in [1.165, 1.54) is 57.8 Å². The summed E-state index contributed by atoms with van der Waals surface area (Å²) < 4.78 is 68.6. The van der Waals surface area contributed by atoms with Gasteiger partial charge in [-0.1, -0.05) is 305 Å². The maximum absolute atomic E-state index is 13.1. The maximum atomic E-state index is 13.1. The Labute approximate surface area is 678 Å². The molecule has 0 heterocycles. The van der Waals surface area contributed by atoms with Crippen LogP contribution in [0.3, 0.4) is 0 Å². The SMILES string of the molecule is CC/C=C\C/C=C\C/C=C\C/C=C\C/C=C\C/C=C\CCC(=O)O[C@H](COC(=O)CCCCC/C=C\C/C=C\C/C=C\C/C=C\C/C=C\CC)COP(=O)(O)OC[C@@H](O)COP(=O)(O)OC[C@@H](COC(=O)CC/C=C\C/C=C\C/C=C\C/C=C\C/C=C\CCCCC)OC(=O)CCCCCCC/C=C\CCCCCCCC. The predicted molar refractivity (Wildman–Crippen MR) is 463 cm³/mol. The Hall–Kier alpha value is -6.36. The number of hydrogen-bond acceptors (Lipinski definition) is 15. The molecule has 0 bridgehead atoms. The van der Waals surface area contributed by atoms with Crippen molar-refractivity contribution in [2.24, 2.45) is 0 Å². The monoisotopic (exact) mass is 1600 g/mol. The van der Waals surface area contributed by atoms with Gasteiger partial charge in [-0.2, -0.15) is 0 Å². The van der Waals surface area contributed by atoms with Gasteiger partial charge in [0.25, 0.3) is 0 Å². The maximum Gasteiger partial charge on any atom is 0.472 e. The molecule has 3 N–H and O–H groups in total. The first kappa shape index (κ1) is 106. The Balaban J connectivity index is 5.57. The van der Waals surface area contributed by atoms with Crippen LogP contribution in [0.1, 0.15) is 297 Å². The lowest BCUT2D eigenvalue weighted by molar-refractivity contribution is -0.161. The molecule has 0 saturated carbocycles. The third-order valence-electron chi connectivity index (χ3n) is 16.7. The fourth-order valence-corrected chi connectivity index (χ4v) is 11.9. The summed E-state index contributed by atoms with van der Waals surface area (Å²) in [4.78, 5) is 73.2. The number of unbranched alkanes of at least 4 members (excludes halogenated alkanes) is 17. The van der Waals surface area contributed by atoms with Crippen LogP contribution in [0.15, 0.2) is 207 Å². The smallest absolute Gasteiger partial charge is 0.462 e. The average molecular weight is 1600 g/mol. The molecule has 0 aliphatic rings. The molecule has 0 spiro atoms. The van der Waals surface area contributed by atoms with Crippen LogP contribution in [0.5, 0.6) is 0 Å². The fraction of sp³-hybridized carbons (Fsp3) is 0.591. The first-order valence-corrected chi connectivity index (χ1v) is 45.3. The molecule has 0 amide bonds. The highest BCUT2D eigenvalue weighted by Gasteiger charge is 2.30. The van der Waals surface area contributed by atoms with Crippen LogP contribution in [0.4, 0.5) is 0 Å². The van der Waals surface area contributed by atoms with Gasteiger partial charge in [0.05, 0.1) is 26.4 Å². The quantitative estimate of drug-likeness (QED) is 0.0169. The van der Waals surface area contributed by atoms with Gasteiger partial charge in [-0.25, -0.2) is 9.13 Å². The van der Waals surface area contributed by atoms with Gasteiger partial charge in [0.2, 0.25) is 0 Å². The second kappa shape index (κ2) is 82.6. The number of allylic oxidation sites excluding steroid dienone is 34. The molecule has 0 fully saturated rings. The van der Waals surface area contributed by atoms with Gasteiger partial charge in [-0.05, 0) is 173 Å². The molecule has 0 radical (unpaired) electrons. The fourth-order valence-electron chi connectivity index (χ4n) is 10.4. The summed E-state index contributed by atoms with van der Waals surface area (Å²) >= 11 is 0. The minimum Gasteiger partial charge on any atom is -0.462 e. The number of rotatable bonds is 77. The van der Waals surface area contributed by atoms with Crippen molar-refractivity contribution in [3.05, 3.63) is 207 Å². The van der Waals surface area contributed by atoms with Crippen molar-refractivity contribution in [2.45, 2.75) is 316 Å². The van der Waals surface area contributed by atoms with E-state index in [4.69, 9.17) is 37.0 Å². The van der Waals surface area contributed by atoms with E-state index in [1.54, 1.807) is 0 Å². The zero-order valence-corrected chi connectivity index (χ0v) is 71.0. The molecule has 0 saturated heterocycles. The predicted octanol–water partition coefficient (Wildman–Crippen LogP) is 25.4. The number of esters is 4. The highest BCUT2D eigenvalue weighted by Crippen LogP contribution is 2.45. The van der Waals surface area contributed by atoms with Crippen molar-refractivity contribution in [3.63, 3.8) is 0 Å². The number of aliphatic hydroxyl groups excluding tert-OH is 1. The van der Waals surface area contributed by atoms with Gasteiger partial charge in [0, 0.05) is 25.7 Å². The molecule has 0 aromatic rings. The number of hydrogen-bond donors (Lipinski definition) is 3. The van der Waals surface area contributed by atoms with Crippen molar-refractivity contribution in [3.8, 4) is 0 Å². The number of aliphatic hydroxyl groups is 1. The molecule has 0 aromatic heterocycles. The van der Waals surface area contributed by atoms with E-state index in [0.717, 1.165) is 148 Å². The Bertz CT molecular complexity index is 2940. The second-order valence-corrected chi connectivity index (χ2v) is 30.2. The van der Waals surface area contributed by atoms with Crippen LogP contribution < -0.4 is 0 Å². The molecule has 632 valence electrons. The van der Waals surface area contributed by atoms with Gasteiger partial charge in [0.1, 0.15) is 19.3 Å². The molecular formula is C93H148O17P2. The number of phosphoric acid groups is 2. The molecule has 19 heteroatoms. The van der Waals surface area contributed by atoms with E-state index in [9.17, 15) is 43.2 Å². The van der Waals surface area contributed by atoms with Crippen LogP contribution >= 0.6 is 15.6 Å². The summed E-state index contributed by atoms with van der Waals surface area (Å²) in [6, 6.07) is 0. The lowest BCUT2D eigenvalue weighted by Gasteiger charge is -2.21. The van der Waals surface area contributed by atoms with Crippen molar-refractivity contribution in [1.82, 2.24) is 0 Å². The zero-order valence-electron chi connectivity index (χ0n) is 69.3. The number of carbonyl (C=O) groups excluding carboxylic acids is 4. The second-order valence-electron chi connectivity index (χ2n) is 27.3. The summed E-state index contributed by atoms with van der Waals surface area (Å²) in [5.74, 6) is -2.44. The highest BCUT2D eigenvalue weighted by atomic mass is 31.2. The van der Waals surface area contributed by atoms with Gasteiger partial charge in [-0.15, -0.1) is 0 Å². The van der Waals surface area contributed by atoms with E-state index in [0.29, 0.717) is 38.5 Å². The average Bonchev–Trinajstić information content (AvgIpc) is 0.897. The van der Waals surface area contributed by atoms with Gasteiger partial charge in [0.15, 0.2) is 12.2 Å². The highest BCUT2D eigenvalue weighted by molar-refractivity contribution is 7.47. The molecule has 112 heavy (non-hydrogen) atoms.